The second kappa shape index (κ2) is 6.03. The number of aromatic nitrogens is 6. The summed E-state index contributed by atoms with van der Waals surface area (Å²) in [6.07, 6.45) is 3.86. The van der Waals surface area contributed by atoms with Crippen LogP contribution in [0.2, 0.25) is 5.02 Å². The first kappa shape index (κ1) is 15.2. The van der Waals surface area contributed by atoms with Gasteiger partial charge in [0.1, 0.15) is 11.5 Å². The van der Waals surface area contributed by atoms with Crippen molar-refractivity contribution in [1.29, 1.82) is 0 Å². The number of halogens is 1. The van der Waals surface area contributed by atoms with Gasteiger partial charge in [-0.3, -0.25) is 4.98 Å². The van der Waals surface area contributed by atoms with Crippen molar-refractivity contribution in [3.63, 3.8) is 0 Å². The quantitative estimate of drug-likeness (QED) is 0.546. The van der Waals surface area contributed by atoms with Gasteiger partial charge < -0.3 is 4.52 Å². The zero-order valence-electron chi connectivity index (χ0n) is 13.6. The van der Waals surface area contributed by atoms with Gasteiger partial charge in [-0.15, -0.1) is 5.10 Å². The second-order valence-corrected chi connectivity index (χ2v) is 6.48. The van der Waals surface area contributed by atoms with E-state index < -0.39 is 0 Å². The Morgan fingerprint density at radius 1 is 1.00 bits per heavy atom. The van der Waals surface area contributed by atoms with E-state index in [1.807, 2.05) is 42.5 Å². The van der Waals surface area contributed by atoms with Gasteiger partial charge in [0.15, 0.2) is 0 Å². The molecular weight excluding hydrogens is 352 g/mol. The first-order valence-electron chi connectivity index (χ1n) is 8.27. The summed E-state index contributed by atoms with van der Waals surface area (Å²) in [4.78, 5) is 13.3. The molecule has 0 N–H and O–H groups in total. The van der Waals surface area contributed by atoms with Crippen LogP contribution in [0.25, 0.3) is 28.9 Å². The normalized spacial score (nSPS) is 13.9. The predicted molar refractivity (Wildman–Crippen MR) is 94.9 cm³/mol. The highest BCUT2D eigenvalue weighted by atomic mass is 35.5. The highest BCUT2D eigenvalue weighted by Gasteiger charge is 2.32. The van der Waals surface area contributed by atoms with Crippen molar-refractivity contribution in [3.05, 3.63) is 59.5 Å². The lowest BCUT2D eigenvalue weighted by molar-refractivity contribution is 0.429. The largest absolute Gasteiger partial charge is 0.330 e. The lowest BCUT2D eigenvalue weighted by Gasteiger charge is -2.06. The molecule has 0 radical (unpaired) electrons. The van der Waals surface area contributed by atoms with Crippen LogP contribution in [0.4, 0.5) is 0 Å². The van der Waals surface area contributed by atoms with Gasteiger partial charge in [-0.1, -0.05) is 35.0 Å². The first-order chi connectivity index (χ1) is 12.8. The molecule has 26 heavy (non-hydrogen) atoms. The molecule has 3 heterocycles. The van der Waals surface area contributed by atoms with Crippen molar-refractivity contribution in [2.24, 2.45) is 0 Å². The van der Waals surface area contributed by atoms with Crippen LogP contribution < -0.4 is 0 Å². The number of para-hydroxylation sites is 1. The van der Waals surface area contributed by atoms with E-state index in [0.29, 0.717) is 28.3 Å². The average Bonchev–Trinajstić information content (AvgIpc) is 3.24. The molecule has 0 atom stereocenters. The Bertz CT molecular complexity index is 1070. The molecule has 5 rings (SSSR count). The maximum Gasteiger partial charge on any atom is 0.297 e. The number of benzene rings is 1. The molecule has 8 heteroatoms. The maximum atomic E-state index is 6.35. The summed E-state index contributed by atoms with van der Waals surface area (Å²) in [5, 5.41) is 9.19. The van der Waals surface area contributed by atoms with Crippen molar-refractivity contribution < 1.29 is 4.52 Å². The Morgan fingerprint density at radius 3 is 2.62 bits per heavy atom. The zero-order valence-corrected chi connectivity index (χ0v) is 14.3. The molecule has 0 aliphatic heterocycles. The highest BCUT2D eigenvalue weighted by molar-refractivity contribution is 6.32. The first-order valence-corrected chi connectivity index (χ1v) is 8.65. The standard InChI is InChI=1S/C18H13ClN6O/c19-12-5-1-2-7-14(12)25-17(11-8-9-11)21-16(23-25)18-22-15(24-26-18)13-6-3-4-10-20-13/h1-7,10-11H,8-9H2. The lowest BCUT2D eigenvalue weighted by atomic mass is 10.3. The van der Waals surface area contributed by atoms with Crippen LogP contribution in [0.5, 0.6) is 0 Å². The summed E-state index contributed by atoms with van der Waals surface area (Å²) in [5.74, 6) is 2.30. The van der Waals surface area contributed by atoms with E-state index in [1.165, 1.54) is 0 Å². The van der Waals surface area contributed by atoms with E-state index in [0.717, 1.165) is 24.4 Å². The number of rotatable bonds is 4. The molecular formula is C18H13ClN6O. The number of pyridine rings is 1. The molecule has 0 saturated heterocycles. The van der Waals surface area contributed by atoms with Crippen LogP contribution in [0.1, 0.15) is 24.6 Å². The number of hydrogen-bond acceptors (Lipinski definition) is 6. The fourth-order valence-corrected chi connectivity index (χ4v) is 2.95. The van der Waals surface area contributed by atoms with E-state index in [9.17, 15) is 0 Å². The van der Waals surface area contributed by atoms with Crippen molar-refractivity contribution in [3.8, 4) is 28.9 Å². The van der Waals surface area contributed by atoms with E-state index in [2.05, 4.69) is 25.2 Å². The van der Waals surface area contributed by atoms with Gasteiger partial charge in [-0.2, -0.15) is 4.98 Å². The monoisotopic (exact) mass is 364 g/mol. The lowest BCUT2D eigenvalue weighted by Crippen LogP contribution is -2.02. The van der Waals surface area contributed by atoms with Gasteiger partial charge in [0.05, 0.1) is 10.7 Å². The highest BCUT2D eigenvalue weighted by Crippen LogP contribution is 2.41. The van der Waals surface area contributed by atoms with E-state index in [1.54, 1.807) is 10.9 Å². The van der Waals surface area contributed by atoms with Crippen molar-refractivity contribution in [2.75, 3.05) is 0 Å². The SMILES string of the molecule is Clc1ccccc1-n1nc(-c2nc(-c3ccccn3)no2)nc1C1CC1. The molecule has 128 valence electrons. The van der Waals surface area contributed by atoms with Crippen LogP contribution in [-0.4, -0.2) is 29.9 Å². The van der Waals surface area contributed by atoms with Crippen molar-refractivity contribution in [1.82, 2.24) is 29.9 Å². The number of nitrogens with zero attached hydrogens (tertiary/aromatic N) is 6. The molecule has 1 aliphatic carbocycles. The molecule has 0 spiro atoms. The summed E-state index contributed by atoms with van der Waals surface area (Å²) < 4.78 is 7.15. The van der Waals surface area contributed by atoms with Crippen molar-refractivity contribution >= 4 is 11.6 Å². The Kier molecular flexibility index (Phi) is 3.53. The minimum Gasteiger partial charge on any atom is -0.330 e. The van der Waals surface area contributed by atoms with Gasteiger partial charge in [-0.25, -0.2) is 9.67 Å². The van der Waals surface area contributed by atoms with Crippen LogP contribution in [0, 0.1) is 0 Å². The summed E-state index contributed by atoms with van der Waals surface area (Å²) in [7, 11) is 0. The molecule has 1 aliphatic rings. The van der Waals surface area contributed by atoms with E-state index in [-0.39, 0.29) is 5.89 Å². The summed E-state index contributed by atoms with van der Waals surface area (Å²) in [6.45, 7) is 0. The Morgan fingerprint density at radius 2 is 1.85 bits per heavy atom. The van der Waals surface area contributed by atoms with E-state index >= 15 is 0 Å². The molecule has 0 bridgehead atoms. The summed E-state index contributed by atoms with van der Waals surface area (Å²) in [6, 6.07) is 13.1. The fourth-order valence-electron chi connectivity index (χ4n) is 2.73. The fraction of sp³-hybridized carbons (Fsp3) is 0.167. The summed E-state index contributed by atoms with van der Waals surface area (Å²) >= 11 is 6.35. The third-order valence-electron chi connectivity index (χ3n) is 4.17. The third-order valence-corrected chi connectivity index (χ3v) is 4.49. The maximum absolute atomic E-state index is 6.35. The van der Waals surface area contributed by atoms with Gasteiger partial charge in [0.25, 0.3) is 5.89 Å². The van der Waals surface area contributed by atoms with Gasteiger partial charge in [-0.05, 0) is 37.1 Å². The molecule has 0 amide bonds. The van der Waals surface area contributed by atoms with Gasteiger partial charge in [0.2, 0.25) is 11.6 Å². The molecule has 0 unspecified atom stereocenters. The van der Waals surface area contributed by atoms with Gasteiger partial charge in [0, 0.05) is 12.1 Å². The van der Waals surface area contributed by atoms with Crippen LogP contribution in [-0.2, 0) is 0 Å². The van der Waals surface area contributed by atoms with Crippen LogP contribution >= 0.6 is 11.6 Å². The predicted octanol–water partition coefficient (Wildman–Crippen LogP) is 3.91. The molecule has 1 saturated carbocycles. The van der Waals surface area contributed by atoms with Crippen LogP contribution in [0.3, 0.4) is 0 Å². The molecule has 1 aromatic carbocycles. The minimum atomic E-state index is 0.262. The smallest absolute Gasteiger partial charge is 0.297 e. The zero-order chi connectivity index (χ0) is 17.5. The van der Waals surface area contributed by atoms with Gasteiger partial charge >= 0.3 is 0 Å². The molecule has 3 aromatic heterocycles. The molecule has 4 aromatic rings. The van der Waals surface area contributed by atoms with Crippen LogP contribution in [0.15, 0.2) is 53.2 Å². The Hall–Kier alpha value is -3.06. The number of hydrogen-bond donors (Lipinski definition) is 0. The van der Waals surface area contributed by atoms with Crippen molar-refractivity contribution in [2.45, 2.75) is 18.8 Å². The Balaban J connectivity index is 1.58. The van der Waals surface area contributed by atoms with E-state index in [4.69, 9.17) is 16.1 Å². The minimum absolute atomic E-state index is 0.262. The molecule has 7 nitrogen and oxygen atoms in total. The summed E-state index contributed by atoms with van der Waals surface area (Å²) in [5.41, 5.74) is 1.43. The molecule has 1 fully saturated rings. The third kappa shape index (κ3) is 2.66. The average molecular weight is 365 g/mol. The second-order valence-electron chi connectivity index (χ2n) is 6.07. The Labute approximate surface area is 153 Å². The topological polar surface area (TPSA) is 82.5 Å².